The van der Waals surface area contributed by atoms with Crippen LogP contribution in [0.25, 0.3) is 5.65 Å². The molecule has 0 aliphatic heterocycles. The maximum atomic E-state index is 12.6. The summed E-state index contributed by atoms with van der Waals surface area (Å²) in [6, 6.07) is 7.56. The van der Waals surface area contributed by atoms with Crippen molar-refractivity contribution in [2.24, 2.45) is 0 Å². The molecule has 3 rings (SSSR count). The first-order valence-corrected chi connectivity index (χ1v) is 9.17. The van der Waals surface area contributed by atoms with Crippen molar-refractivity contribution in [3.05, 3.63) is 51.6 Å². The lowest BCUT2D eigenvalue weighted by atomic mass is 10.1. The van der Waals surface area contributed by atoms with Crippen LogP contribution in [-0.4, -0.2) is 20.5 Å². The molecule has 1 amide bonds. The number of hydrogen-bond donors (Lipinski definition) is 1. The third-order valence-electron chi connectivity index (χ3n) is 4.05. The molecule has 126 valence electrons. The zero-order valence-electron chi connectivity index (χ0n) is 14.2. The summed E-state index contributed by atoms with van der Waals surface area (Å²) in [5, 5.41) is 11.4. The molecule has 0 radical (unpaired) electrons. The van der Waals surface area contributed by atoms with Crippen molar-refractivity contribution in [3.8, 4) is 0 Å². The highest BCUT2D eigenvalue weighted by Crippen LogP contribution is 2.25. The monoisotopic (exact) mass is 342 g/mol. The average molecular weight is 342 g/mol. The molecule has 0 spiro atoms. The van der Waals surface area contributed by atoms with Crippen LogP contribution in [-0.2, 0) is 12.8 Å². The van der Waals surface area contributed by atoms with Gasteiger partial charge in [0.2, 0.25) is 0 Å². The number of nitrogens with one attached hydrogen (secondary N) is 1. The van der Waals surface area contributed by atoms with E-state index in [1.54, 1.807) is 11.3 Å². The van der Waals surface area contributed by atoms with Crippen molar-refractivity contribution in [1.82, 2.24) is 19.9 Å². The predicted molar refractivity (Wildman–Crippen MR) is 96.6 cm³/mol. The van der Waals surface area contributed by atoms with E-state index in [1.165, 1.54) is 10.4 Å². The molecule has 3 aromatic rings. The van der Waals surface area contributed by atoms with Crippen LogP contribution in [0.2, 0.25) is 0 Å². The molecule has 0 aliphatic carbocycles. The summed E-state index contributed by atoms with van der Waals surface area (Å²) in [7, 11) is 0. The number of pyridine rings is 1. The average Bonchev–Trinajstić information content (AvgIpc) is 3.19. The number of aryl methyl sites for hydroxylation is 2. The Labute approximate surface area is 145 Å². The fraction of sp³-hybridized carbons (Fsp3) is 0.389. The van der Waals surface area contributed by atoms with E-state index in [0.29, 0.717) is 0 Å². The van der Waals surface area contributed by atoms with E-state index in [4.69, 9.17) is 0 Å². The lowest BCUT2D eigenvalue weighted by Gasteiger charge is -2.11. The van der Waals surface area contributed by atoms with Gasteiger partial charge in [0.25, 0.3) is 5.91 Å². The topological polar surface area (TPSA) is 59.3 Å². The number of aromatic nitrogens is 3. The molecule has 5 nitrogen and oxygen atoms in total. The number of hydrogen-bond acceptors (Lipinski definition) is 4. The third-order valence-corrected chi connectivity index (χ3v) is 5.29. The quantitative estimate of drug-likeness (QED) is 0.741. The lowest BCUT2D eigenvalue weighted by molar-refractivity contribution is 0.0942. The molecule has 0 bridgehead atoms. The molecule has 6 heteroatoms. The summed E-state index contributed by atoms with van der Waals surface area (Å²) < 4.78 is 1.90. The number of carbonyl (C=O) groups excluding carboxylic acids is 1. The molecular weight excluding hydrogens is 320 g/mol. The van der Waals surface area contributed by atoms with Gasteiger partial charge in [-0.05, 0) is 43.5 Å². The summed E-state index contributed by atoms with van der Waals surface area (Å²) >= 11 is 1.60. The first-order valence-electron chi connectivity index (χ1n) is 8.36. The van der Waals surface area contributed by atoms with Crippen LogP contribution in [0.4, 0.5) is 0 Å². The molecule has 1 atom stereocenters. The number of carbonyl (C=O) groups is 1. The van der Waals surface area contributed by atoms with Gasteiger partial charge < -0.3 is 5.32 Å². The van der Waals surface area contributed by atoms with Crippen LogP contribution >= 0.6 is 11.3 Å². The van der Waals surface area contributed by atoms with Gasteiger partial charge in [-0.1, -0.05) is 26.3 Å². The van der Waals surface area contributed by atoms with E-state index in [-0.39, 0.29) is 11.9 Å². The fourth-order valence-corrected chi connectivity index (χ4v) is 4.06. The standard InChI is InChI=1S/C18H22N4OS/c1-4-8-14-13(5-2)11-15(24-14)18(23)19-12(3)17-21-20-16-9-6-7-10-22(16)17/h6-7,9-12H,4-5,8H2,1-3H3,(H,19,23). The van der Waals surface area contributed by atoms with Crippen LogP contribution < -0.4 is 5.32 Å². The molecule has 1 unspecified atom stereocenters. The van der Waals surface area contributed by atoms with Gasteiger partial charge in [-0.25, -0.2) is 0 Å². The van der Waals surface area contributed by atoms with Crippen molar-refractivity contribution in [1.29, 1.82) is 0 Å². The molecule has 0 saturated heterocycles. The van der Waals surface area contributed by atoms with Crippen molar-refractivity contribution < 1.29 is 4.79 Å². The van der Waals surface area contributed by atoms with Gasteiger partial charge in [0.15, 0.2) is 11.5 Å². The summed E-state index contributed by atoms with van der Waals surface area (Å²) in [4.78, 5) is 14.7. The van der Waals surface area contributed by atoms with Crippen LogP contribution in [0.15, 0.2) is 30.5 Å². The highest BCUT2D eigenvalue weighted by Gasteiger charge is 2.19. The molecule has 0 aromatic carbocycles. The van der Waals surface area contributed by atoms with Gasteiger partial charge in [0.1, 0.15) is 0 Å². The summed E-state index contributed by atoms with van der Waals surface area (Å²) in [5.41, 5.74) is 2.07. The van der Waals surface area contributed by atoms with E-state index in [1.807, 2.05) is 41.8 Å². The van der Waals surface area contributed by atoms with Gasteiger partial charge in [-0.2, -0.15) is 0 Å². The van der Waals surface area contributed by atoms with E-state index >= 15 is 0 Å². The zero-order valence-corrected chi connectivity index (χ0v) is 15.1. The predicted octanol–water partition coefficient (Wildman–Crippen LogP) is 3.80. The minimum Gasteiger partial charge on any atom is -0.342 e. The first-order chi connectivity index (χ1) is 11.6. The number of fused-ring (bicyclic) bond motifs is 1. The summed E-state index contributed by atoms with van der Waals surface area (Å²) in [6.07, 6.45) is 5.00. The Hall–Kier alpha value is -2.21. The van der Waals surface area contributed by atoms with Crippen LogP contribution in [0.1, 0.15) is 59.2 Å². The lowest BCUT2D eigenvalue weighted by Crippen LogP contribution is -2.27. The van der Waals surface area contributed by atoms with Gasteiger partial charge in [-0.3, -0.25) is 9.20 Å². The zero-order chi connectivity index (χ0) is 17.1. The van der Waals surface area contributed by atoms with Crippen LogP contribution in [0.3, 0.4) is 0 Å². The smallest absolute Gasteiger partial charge is 0.261 e. The molecule has 1 N–H and O–H groups in total. The molecule has 0 saturated carbocycles. The van der Waals surface area contributed by atoms with Crippen molar-refractivity contribution in [2.75, 3.05) is 0 Å². The molecular formula is C18H22N4OS. The van der Waals surface area contributed by atoms with Gasteiger partial charge in [0.05, 0.1) is 10.9 Å². The minimum absolute atomic E-state index is 0.0442. The molecule has 0 fully saturated rings. The Morgan fingerprint density at radius 2 is 2.17 bits per heavy atom. The number of nitrogens with zero attached hydrogens (tertiary/aromatic N) is 3. The van der Waals surface area contributed by atoms with Crippen LogP contribution in [0.5, 0.6) is 0 Å². The first kappa shape index (κ1) is 16.6. The Kier molecular flexibility index (Phi) is 4.94. The summed E-state index contributed by atoms with van der Waals surface area (Å²) in [6.45, 7) is 6.23. The second kappa shape index (κ2) is 7.13. The van der Waals surface area contributed by atoms with Crippen LogP contribution in [0, 0.1) is 0 Å². The minimum atomic E-state index is -0.211. The Balaban J connectivity index is 1.79. The Morgan fingerprint density at radius 3 is 2.92 bits per heavy atom. The van der Waals surface area contributed by atoms with E-state index < -0.39 is 0 Å². The Bertz CT molecular complexity index is 852. The maximum absolute atomic E-state index is 12.6. The third kappa shape index (κ3) is 3.19. The maximum Gasteiger partial charge on any atom is 0.261 e. The summed E-state index contributed by atoms with van der Waals surface area (Å²) in [5.74, 6) is 0.692. The van der Waals surface area contributed by atoms with Gasteiger partial charge in [-0.15, -0.1) is 21.5 Å². The second-order valence-electron chi connectivity index (χ2n) is 5.84. The number of rotatable bonds is 6. The van der Waals surface area contributed by atoms with E-state index in [0.717, 1.165) is 35.6 Å². The van der Waals surface area contributed by atoms with Gasteiger partial charge in [0, 0.05) is 11.1 Å². The number of amides is 1. The highest BCUT2D eigenvalue weighted by molar-refractivity contribution is 7.14. The second-order valence-corrected chi connectivity index (χ2v) is 6.98. The highest BCUT2D eigenvalue weighted by atomic mass is 32.1. The molecule has 3 aromatic heterocycles. The molecule has 3 heterocycles. The largest absolute Gasteiger partial charge is 0.342 e. The molecule has 0 aliphatic rings. The van der Waals surface area contributed by atoms with E-state index in [9.17, 15) is 4.79 Å². The van der Waals surface area contributed by atoms with Gasteiger partial charge >= 0.3 is 0 Å². The molecule has 24 heavy (non-hydrogen) atoms. The van der Waals surface area contributed by atoms with Crippen molar-refractivity contribution >= 4 is 22.9 Å². The Morgan fingerprint density at radius 1 is 1.33 bits per heavy atom. The normalized spacial score (nSPS) is 12.5. The number of thiophene rings is 1. The van der Waals surface area contributed by atoms with Crippen molar-refractivity contribution in [3.63, 3.8) is 0 Å². The fourth-order valence-electron chi connectivity index (χ4n) is 2.80. The van der Waals surface area contributed by atoms with E-state index in [2.05, 4.69) is 29.4 Å². The SMILES string of the molecule is CCCc1sc(C(=O)NC(C)c2nnc3ccccn23)cc1CC. The van der Waals surface area contributed by atoms with Crippen molar-refractivity contribution in [2.45, 2.75) is 46.1 Å².